The molecule has 0 aromatic heterocycles. The molecule has 3 heteroatoms. The third kappa shape index (κ3) is 4.60. The zero-order valence-electron chi connectivity index (χ0n) is 9.91. The van der Waals surface area contributed by atoms with Crippen LogP contribution in [0, 0.1) is 5.92 Å². The number of esters is 2. The van der Waals surface area contributed by atoms with Crippen molar-refractivity contribution in [2.24, 2.45) is 5.92 Å². The molecule has 16 heavy (non-hydrogen) atoms. The molecule has 1 fully saturated rings. The molecule has 1 saturated heterocycles. The Bertz CT molecular complexity index is 268. The Morgan fingerprint density at radius 3 is 2.62 bits per heavy atom. The van der Waals surface area contributed by atoms with E-state index in [0.717, 1.165) is 12.8 Å². The number of cyclic esters (lactones) is 2. The Morgan fingerprint density at radius 1 is 1.25 bits per heavy atom. The molecule has 1 rings (SSSR count). The lowest BCUT2D eigenvalue weighted by atomic mass is 10.1. The maximum atomic E-state index is 11.1. The van der Waals surface area contributed by atoms with Crippen LogP contribution in [0.15, 0.2) is 12.2 Å². The fraction of sp³-hybridized carbons (Fsp3) is 0.692. The van der Waals surface area contributed by atoms with Crippen LogP contribution in [0.2, 0.25) is 0 Å². The zero-order valence-corrected chi connectivity index (χ0v) is 9.91. The van der Waals surface area contributed by atoms with Crippen LogP contribution in [-0.2, 0) is 14.3 Å². The first-order valence-corrected chi connectivity index (χ1v) is 6.15. The average molecular weight is 224 g/mol. The molecular formula is C13H20O3. The van der Waals surface area contributed by atoms with Gasteiger partial charge < -0.3 is 4.74 Å². The Kier molecular flexibility index (Phi) is 5.83. The Morgan fingerprint density at radius 2 is 2.00 bits per heavy atom. The van der Waals surface area contributed by atoms with Gasteiger partial charge in [0.2, 0.25) is 0 Å². The van der Waals surface area contributed by atoms with Crippen LogP contribution in [0.1, 0.15) is 51.9 Å². The summed E-state index contributed by atoms with van der Waals surface area (Å²) in [4.78, 5) is 21.9. The van der Waals surface area contributed by atoms with Gasteiger partial charge in [-0.2, -0.15) is 0 Å². The standard InChI is InChI=1S/C13H20O3/c1-2-3-4-5-6-7-8-9-11-10-12(14)16-13(11)15/h8-9,11H,2-7,10H2,1H3/b9-8+/t11-/m1/s1. The molecular weight excluding hydrogens is 204 g/mol. The van der Waals surface area contributed by atoms with Crippen molar-refractivity contribution in [3.05, 3.63) is 12.2 Å². The van der Waals surface area contributed by atoms with Crippen molar-refractivity contribution in [3.8, 4) is 0 Å². The summed E-state index contributed by atoms with van der Waals surface area (Å²) >= 11 is 0. The number of hydrogen-bond donors (Lipinski definition) is 0. The predicted molar refractivity (Wildman–Crippen MR) is 61.7 cm³/mol. The van der Waals surface area contributed by atoms with Gasteiger partial charge in [-0.1, -0.05) is 44.8 Å². The first-order chi connectivity index (χ1) is 7.74. The van der Waals surface area contributed by atoms with Crippen molar-refractivity contribution >= 4 is 11.9 Å². The average Bonchev–Trinajstić information content (AvgIpc) is 2.56. The van der Waals surface area contributed by atoms with E-state index < -0.39 is 11.9 Å². The maximum absolute atomic E-state index is 11.1. The molecule has 0 bridgehead atoms. The molecule has 1 aliphatic heterocycles. The van der Waals surface area contributed by atoms with E-state index in [4.69, 9.17) is 0 Å². The van der Waals surface area contributed by atoms with Crippen LogP contribution in [0.4, 0.5) is 0 Å². The highest BCUT2D eigenvalue weighted by Crippen LogP contribution is 2.17. The lowest BCUT2D eigenvalue weighted by Crippen LogP contribution is -2.03. The molecule has 0 N–H and O–H groups in total. The molecule has 0 aliphatic carbocycles. The van der Waals surface area contributed by atoms with Crippen LogP contribution >= 0.6 is 0 Å². The Hall–Kier alpha value is -1.12. The summed E-state index contributed by atoms with van der Waals surface area (Å²) in [6, 6.07) is 0. The van der Waals surface area contributed by atoms with E-state index in [1.165, 1.54) is 25.7 Å². The highest BCUT2D eigenvalue weighted by molar-refractivity contribution is 5.95. The lowest BCUT2D eigenvalue weighted by Gasteiger charge is -1.97. The van der Waals surface area contributed by atoms with Crippen molar-refractivity contribution in [1.29, 1.82) is 0 Å². The molecule has 0 saturated carbocycles. The number of ether oxygens (including phenoxy) is 1. The summed E-state index contributed by atoms with van der Waals surface area (Å²) in [6.45, 7) is 2.20. The number of unbranched alkanes of at least 4 members (excludes halogenated alkanes) is 5. The van der Waals surface area contributed by atoms with Gasteiger partial charge in [0.15, 0.2) is 0 Å². The van der Waals surface area contributed by atoms with Crippen LogP contribution < -0.4 is 0 Å². The van der Waals surface area contributed by atoms with Crippen LogP contribution in [0.25, 0.3) is 0 Å². The summed E-state index contributed by atoms with van der Waals surface area (Å²) in [5, 5.41) is 0. The number of carbonyl (C=O) groups excluding carboxylic acids is 2. The quantitative estimate of drug-likeness (QED) is 0.289. The molecule has 1 aliphatic rings. The normalized spacial score (nSPS) is 20.7. The number of hydrogen-bond acceptors (Lipinski definition) is 3. The molecule has 0 amide bonds. The van der Waals surface area contributed by atoms with Gasteiger partial charge in [0.25, 0.3) is 0 Å². The van der Waals surface area contributed by atoms with Gasteiger partial charge in [-0.25, -0.2) is 0 Å². The third-order valence-corrected chi connectivity index (χ3v) is 2.75. The lowest BCUT2D eigenvalue weighted by molar-refractivity contribution is -0.152. The van der Waals surface area contributed by atoms with Crippen LogP contribution in [0.3, 0.4) is 0 Å². The Labute approximate surface area is 96.9 Å². The second kappa shape index (κ2) is 7.20. The largest absolute Gasteiger partial charge is 0.393 e. The van der Waals surface area contributed by atoms with Gasteiger partial charge in [0.05, 0.1) is 12.3 Å². The maximum Gasteiger partial charge on any atom is 0.321 e. The third-order valence-electron chi connectivity index (χ3n) is 2.75. The van der Waals surface area contributed by atoms with E-state index in [9.17, 15) is 9.59 Å². The van der Waals surface area contributed by atoms with Crippen LogP contribution in [0.5, 0.6) is 0 Å². The van der Waals surface area contributed by atoms with Gasteiger partial charge >= 0.3 is 11.9 Å². The molecule has 0 aromatic carbocycles. The summed E-state index contributed by atoms with van der Waals surface area (Å²) in [5.74, 6) is -1.13. The first kappa shape index (κ1) is 12.9. The monoisotopic (exact) mass is 224 g/mol. The number of rotatable bonds is 7. The molecule has 0 unspecified atom stereocenters. The van der Waals surface area contributed by atoms with Gasteiger partial charge in [0.1, 0.15) is 0 Å². The molecule has 0 radical (unpaired) electrons. The molecule has 3 nitrogen and oxygen atoms in total. The fourth-order valence-electron chi connectivity index (χ4n) is 1.77. The summed E-state index contributed by atoms with van der Waals surface area (Å²) in [6.07, 6.45) is 11.3. The highest BCUT2D eigenvalue weighted by Gasteiger charge is 2.30. The highest BCUT2D eigenvalue weighted by atomic mass is 16.6. The second-order valence-corrected chi connectivity index (χ2v) is 4.23. The molecule has 90 valence electrons. The van der Waals surface area contributed by atoms with E-state index in [1.807, 2.05) is 12.2 Å². The predicted octanol–water partition coefficient (Wildman–Crippen LogP) is 2.99. The SMILES string of the molecule is CCCCCCC/C=C/[C@@H]1CC(=O)OC1=O. The van der Waals surface area contributed by atoms with Crippen molar-refractivity contribution < 1.29 is 14.3 Å². The minimum Gasteiger partial charge on any atom is -0.393 e. The first-order valence-electron chi connectivity index (χ1n) is 6.15. The Balaban J connectivity index is 2.08. The summed E-state index contributed by atoms with van der Waals surface area (Å²) in [5.41, 5.74) is 0. The van der Waals surface area contributed by atoms with Crippen molar-refractivity contribution in [2.75, 3.05) is 0 Å². The molecule has 1 atom stereocenters. The van der Waals surface area contributed by atoms with Gasteiger partial charge in [-0.3, -0.25) is 9.59 Å². The zero-order chi connectivity index (χ0) is 11.8. The molecule has 0 spiro atoms. The van der Waals surface area contributed by atoms with Gasteiger partial charge in [0, 0.05) is 0 Å². The van der Waals surface area contributed by atoms with Gasteiger partial charge in [-0.05, 0) is 12.8 Å². The molecule has 0 aromatic rings. The van der Waals surface area contributed by atoms with Crippen molar-refractivity contribution in [2.45, 2.75) is 51.9 Å². The summed E-state index contributed by atoms with van der Waals surface area (Å²) in [7, 11) is 0. The van der Waals surface area contributed by atoms with Crippen molar-refractivity contribution in [1.82, 2.24) is 0 Å². The fourth-order valence-corrected chi connectivity index (χ4v) is 1.77. The van der Waals surface area contributed by atoms with E-state index in [1.54, 1.807) is 0 Å². The minimum absolute atomic E-state index is 0.213. The number of allylic oxidation sites excluding steroid dienone is 1. The van der Waals surface area contributed by atoms with E-state index >= 15 is 0 Å². The summed E-state index contributed by atoms with van der Waals surface area (Å²) < 4.78 is 4.45. The smallest absolute Gasteiger partial charge is 0.321 e. The van der Waals surface area contributed by atoms with Gasteiger partial charge in [-0.15, -0.1) is 0 Å². The van der Waals surface area contributed by atoms with Crippen molar-refractivity contribution in [3.63, 3.8) is 0 Å². The van der Waals surface area contributed by atoms with E-state index in [0.29, 0.717) is 0 Å². The topological polar surface area (TPSA) is 43.4 Å². The van der Waals surface area contributed by atoms with E-state index in [2.05, 4.69) is 11.7 Å². The molecule has 1 heterocycles. The second-order valence-electron chi connectivity index (χ2n) is 4.23. The van der Waals surface area contributed by atoms with Crippen LogP contribution in [-0.4, -0.2) is 11.9 Å². The minimum atomic E-state index is -0.400. The van der Waals surface area contributed by atoms with E-state index in [-0.39, 0.29) is 12.3 Å². The number of carbonyl (C=O) groups is 2.